The van der Waals surface area contributed by atoms with Gasteiger partial charge >= 0.3 is 11.9 Å². The normalized spacial score (nSPS) is 11.2. The lowest BCUT2D eigenvalue weighted by Gasteiger charge is -2.20. The average Bonchev–Trinajstić information content (AvgIpc) is 2.66. The molecule has 2 aromatic rings. The molecule has 4 nitrogen and oxygen atoms in total. The quantitative estimate of drug-likeness (QED) is 0.311. The predicted molar refractivity (Wildman–Crippen MR) is 129 cm³/mol. The standard InChI is InChI=1S/C18H19BrO2.C6H11BrO2/c1-18(2,3)21-17(20)16-7-5-4-6-15(16)14-10-8-13(12-19)9-11-14;1-6(2,3)9-5(8)4-7/h4-11H,12H2,1-3H3;4H2,1-3H3. The molecule has 0 aliphatic carbocycles. The minimum atomic E-state index is -0.496. The number of alkyl halides is 2. The summed E-state index contributed by atoms with van der Waals surface area (Å²) in [6.45, 7) is 11.1. The highest BCUT2D eigenvalue weighted by Crippen LogP contribution is 2.26. The van der Waals surface area contributed by atoms with Gasteiger partial charge in [-0.05, 0) is 64.3 Å². The van der Waals surface area contributed by atoms with Gasteiger partial charge < -0.3 is 9.47 Å². The maximum Gasteiger partial charge on any atom is 0.339 e. The number of halogens is 2. The molecule has 2 aromatic carbocycles. The fraction of sp³-hybridized carbons (Fsp3) is 0.417. The van der Waals surface area contributed by atoms with E-state index in [-0.39, 0.29) is 22.9 Å². The molecule has 0 spiro atoms. The molecule has 0 radical (unpaired) electrons. The Morgan fingerprint density at radius 2 is 1.33 bits per heavy atom. The summed E-state index contributed by atoms with van der Waals surface area (Å²) in [5.41, 5.74) is 2.86. The monoisotopic (exact) mass is 540 g/mol. The van der Waals surface area contributed by atoms with Crippen molar-refractivity contribution in [3.05, 3.63) is 59.7 Å². The Morgan fingerprint density at radius 3 is 1.77 bits per heavy atom. The van der Waals surface area contributed by atoms with Crippen LogP contribution in [0.2, 0.25) is 0 Å². The van der Waals surface area contributed by atoms with Crippen LogP contribution in [0.1, 0.15) is 57.5 Å². The Labute approximate surface area is 196 Å². The molecule has 0 unspecified atom stereocenters. The largest absolute Gasteiger partial charge is 0.459 e. The van der Waals surface area contributed by atoms with Crippen LogP contribution in [0.3, 0.4) is 0 Å². The Balaban J connectivity index is 0.000000424. The van der Waals surface area contributed by atoms with Gasteiger partial charge in [-0.1, -0.05) is 74.3 Å². The molecule has 2 rings (SSSR count). The van der Waals surface area contributed by atoms with Crippen LogP contribution >= 0.6 is 31.9 Å². The number of ether oxygens (including phenoxy) is 2. The van der Waals surface area contributed by atoms with Crippen LogP contribution in [0, 0.1) is 0 Å². The van der Waals surface area contributed by atoms with E-state index in [0.717, 1.165) is 16.5 Å². The fourth-order valence-electron chi connectivity index (χ4n) is 2.39. The van der Waals surface area contributed by atoms with Crippen LogP contribution in [0.15, 0.2) is 48.5 Å². The Hall–Kier alpha value is -1.66. The lowest BCUT2D eigenvalue weighted by atomic mass is 9.99. The van der Waals surface area contributed by atoms with Crippen molar-refractivity contribution in [2.45, 2.75) is 58.1 Å². The summed E-state index contributed by atoms with van der Waals surface area (Å²) in [4.78, 5) is 22.9. The van der Waals surface area contributed by atoms with Crippen molar-refractivity contribution in [3.63, 3.8) is 0 Å². The van der Waals surface area contributed by atoms with E-state index in [1.165, 1.54) is 5.56 Å². The molecule has 164 valence electrons. The highest BCUT2D eigenvalue weighted by atomic mass is 79.9. The number of hydrogen-bond donors (Lipinski definition) is 0. The van der Waals surface area contributed by atoms with Crippen LogP contribution in [0.4, 0.5) is 0 Å². The van der Waals surface area contributed by atoms with Gasteiger partial charge in [0, 0.05) is 5.33 Å². The molecule has 0 fully saturated rings. The van der Waals surface area contributed by atoms with Crippen LogP contribution in [0.25, 0.3) is 11.1 Å². The molecule has 0 aliphatic heterocycles. The maximum absolute atomic E-state index is 12.3. The average molecular weight is 542 g/mol. The van der Waals surface area contributed by atoms with Gasteiger partial charge in [-0.15, -0.1) is 0 Å². The minimum Gasteiger partial charge on any atom is -0.459 e. The van der Waals surface area contributed by atoms with Crippen molar-refractivity contribution in [3.8, 4) is 11.1 Å². The van der Waals surface area contributed by atoms with Gasteiger partial charge in [0.15, 0.2) is 0 Å². The lowest BCUT2D eigenvalue weighted by molar-refractivity contribution is -0.151. The van der Waals surface area contributed by atoms with E-state index in [4.69, 9.17) is 9.47 Å². The highest BCUT2D eigenvalue weighted by molar-refractivity contribution is 9.09. The van der Waals surface area contributed by atoms with Gasteiger partial charge in [0.25, 0.3) is 0 Å². The van der Waals surface area contributed by atoms with Crippen LogP contribution in [-0.4, -0.2) is 28.5 Å². The third kappa shape index (κ3) is 9.90. The fourth-order valence-corrected chi connectivity index (χ4v) is 2.88. The minimum absolute atomic E-state index is 0.220. The second-order valence-corrected chi connectivity index (χ2v) is 9.72. The first-order valence-corrected chi connectivity index (χ1v) is 11.9. The lowest BCUT2D eigenvalue weighted by Crippen LogP contribution is -2.24. The van der Waals surface area contributed by atoms with E-state index >= 15 is 0 Å². The first-order valence-electron chi connectivity index (χ1n) is 9.62. The summed E-state index contributed by atoms with van der Waals surface area (Å²) >= 11 is 6.43. The number of carbonyl (C=O) groups excluding carboxylic acids is 2. The first kappa shape index (κ1) is 26.4. The number of carbonyl (C=O) groups is 2. The van der Waals surface area contributed by atoms with E-state index in [9.17, 15) is 9.59 Å². The van der Waals surface area contributed by atoms with Crippen molar-refractivity contribution < 1.29 is 19.1 Å². The van der Waals surface area contributed by atoms with Gasteiger partial charge in [-0.3, -0.25) is 4.79 Å². The number of hydrogen-bond acceptors (Lipinski definition) is 4. The topological polar surface area (TPSA) is 52.6 Å². The third-order valence-electron chi connectivity index (χ3n) is 3.49. The Kier molecular flexibility index (Phi) is 10.2. The molecule has 0 amide bonds. The second-order valence-electron chi connectivity index (χ2n) is 8.60. The second kappa shape index (κ2) is 11.7. The van der Waals surface area contributed by atoms with E-state index in [2.05, 4.69) is 44.0 Å². The van der Waals surface area contributed by atoms with Crippen LogP contribution in [-0.2, 0) is 19.6 Å². The summed E-state index contributed by atoms with van der Waals surface area (Å²) < 4.78 is 10.4. The van der Waals surface area contributed by atoms with E-state index in [0.29, 0.717) is 5.56 Å². The van der Waals surface area contributed by atoms with Gasteiger partial charge in [-0.2, -0.15) is 0 Å². The molecule has 6 heteroatoms. The van der Waals surface area contributed by atoms with E-state index in [1.54, 1.807) is 0 Å². The summed E-state index contributed by atoms with van der Waals surface area (Å²) in [6, 6.07) is 15.7. The van der Waals surface area contributed by atoms with Crippen molar-refractivity contribution in [2.24, 2.45) is 0 Å². The Morgan fingerprint density at radius 1 is 0.800 bits per heavy atom. The van der Waals surface area contributed by atoms with Gasteiger partial charge in [0.2, 0.25) is 0 Å². The van der Waals surface area contributed by atoms with Gasteiger partial charge in [0.05, 0.1) is 5.56 Å². The van der Waals surface area contributed by atoms with Gasteiger partial charge in [-0.25, -0.2) is 4.79 Å². The molecule has 0 bridgehead atoms. The van der Waals surface area contributed by atoms with Gasteiger partial charge in [0.1, 0.15) is 16.5 Å². The smallest absolute Gasteiger partial charge is 0.339 e. The van der Waals surface area contributed by atoms with Crippen LogP contribution < -0.4 is 0 Å². The third-order valence-corrected chi connectivity index (χ3v) is 4.60. The molecule has 30 heavy (non-hydrogen) atoms. The molecule has 0 aromatic heterocycles. The summed E-state index contributed by atoms with van der Waals surface area (Å²) in [5.74, 6) is -0.509. The zero-order valence-corrected chi connectivity index (χ0v) is 21.6. The Bertz CT molecular complexity index is 832. The molecule has 0 N–H and O–H groups in total. The van der Waals surface area contributed by atoms with Crippen molar-refractivity contribution >= 4 is 43.8 Å². The van der Waals surface area contributed by atoms with E-state index in [1.807, 2.05) is 77.9 Å². The SMILES string of the molecule is CC(C)(C)OC(=O)CBr.CC(C)(C)OC(=O)c1ccccc1-c1ccc(CBr)cc1. The predicted octanol–water partition coefficient (Wildman–Crippen LogP) is 6.93. The molecule has 0 atom stereocenters. The highest BCUT2D eigenvalue weighted by Gasteiger charge is 2.20. The zero-order chi connectivity index (χ0) is 22.9. The summed E-state index contributed by atoms with van der Waals surface area (Å²) in [6.07, 6.45) is 0. The number of benzene rings is 2. The molecule has 0 heterocycles. The van der Waals surface area contributed by atoms with Crippen molar-refractivity contribution in [2.75, 3.05) is 5.33 Å². The molecule has 0 saturated heterocycles. The van der Waals surface area contributed by atoms with E-state index < -0.39 is 5.60 Å². The number of esters is 2. The molecule has 0 saturated carbocycles. The molecular formula is C24H30Br2O4. The molecule has 0 aliphatic rings. The molecular weight excluding hydrogens is 512 g/mol. The van der Waals surface area contributed by atoms with Crippen molar-refractivity contribution in [1.82, 2.24) is 0 Å². The number of rotatable bonds is 4. The summed E-state index contributed by atoms with van der Waals surface area (Å²) in [5, 5.41) is 1.09. The van der Waals surface area contributed by atoms with Crippen LogP contribution in [0.5, 0.6) is 0 Å². The maximum atomic E-state index is 12.3. The summed E-state index contributed by atoms with van der Waals surface area (Å²) in [7, 11) is 0. The zero-order valence-electron chi connectivity index (χ0n) is 18.4. The first-order chi connectivity index (χ1) is 13.9. The van der Waals surface area contributed by atoms with Crippen molar-refractivity contribution in [1.29, 1.82) is 0 Å².